The van der Waals surface area contributed by atoms with E-state index in [-0.39, 0.29) is 11.2 Å². The SMILES string of the molecule is COc1cc(OC)cc(-c2nc3n(n2)C(c2ccc(OCc4ccccc4)cc2)C2=C(CC(C)(C)CC2=O)N3)c1. The van der Waals surface area contributed by atoms with E-state index < -0.39 is 6.04 Å². The number of methoxy groups -OCH3 is 2. The highest BCUT2D eigenvalue weighted by Crippen LogP contribution is 2.46. The van der Waals surface area contributed by atoms with Gasteiger partial charge in [0.1, 0.15) is 29.9 Å². The third-order valence-corrected chi connectivity index (χ3v) is 7.39. The summed E-state index contributed by atoms with van der Waals surface area (Å²) in [7, 11) is 3.22. The lowest BCUT2D eigenvalue weighted by molar-refractivity contribution is -0.118. The van der Waals surface area contributed by atoms with Crippen molar-refractivity contribution >= 4 is 11.7 Å². The molecule has 8 heteroatoms. The molecule has 0 fully saturated rings. The van der Waals surface area contributed by atoms with Crippen LogP contribution in [0.4, 0.5) is 5.95 Å². The van der Waals surface area contributed by atoms with Crippen molar-refractivity contribution in [3.8, 4) is 28.6 Å². The second kappa shape index (κ2) is 10.2. The number of nitrogens with one attached hydrogen (secondary N) is 1. The summed E-state index contributed by atoms with van der Waals surface area (Å²) in [5, 5.41) is 8.35. The average molecular weight is 537 g/mol. The standard InChI is InChI=1S/C32H32N4O4/c1-32(2)17-26-28(27(37)18-32)29(21-10-12-23(13-11-21)40-19-20-8-6-5-7-9-20)36-31(33-26)34-30(35-36)22-14-24(38-3)16-25(15-22)39-4/h5-16,29H,17-19H2,1-4H3,(H,33,34,35). The van der Waals surface area contributed by atoms with Crippen molar-refractivity contribution in [2.75, 3.05) is 19.5 Å². The van der Waals surface area contributed by atoms with Gasteiger partial charge in [-0.15, -0.1) is 5.10 Å². The Labute approximate surface area is 233 Å². The smallest absolute Gasteiger partial charge is 0.226 e. The summed E-state index contributed by atoms with van der Waals surface area (Å²) in [5.41, 5.74) is 4.30. The molecule has 2 heterocycles. The minimum atomic E-state index is -0.410. The van der Waals surface area contributed by atoms with E-state index in [1.165, 1.54) is 0 Å². The van der Waals surface area contributed by atoms with E-state index in [9.17, 15) is 4.79 Å². The molecule has 1 N–H and O–H groups in total. The van der Waals surface area contributed by atoms with Crippen molar-refractivity contribution in [1.82, 2.24) is 14.8 Å². The molecule has 0 radical (unpaired) electrons. The van der Waals surface area contributed by atoms with Crippen LogP contribution in [-0.4, -0.2) is 34.8 Å². The molecule has 1 aliphatic carbocycles. The summed E-state index contributed by atoms with van der Waals surface area (Å²) in [6.07, 6.45) is 1.23. The van der Waals surface area contributed by atoms with E-state index in [4.69, 9.17) is 24.3 Å². The first kappa shape index (κ1) is 25.7. The van der Waals surface area contributed by atoms with Crippen molar-refractivity contribution in [2.45, 2.75) is 39.3 Å². The van der Waals surface area contributed by atoms with Crippen molar-refractivity contribution in [3.63, 3.8) is 0 Å². The normalized spacial score (nSPS) is 17.5. The van der Waals surface area contributed by atoms with Crippen LogP contribution >= 0.6 is 0 Å². The number of ether oxygens (including phenoxy) is 3. The van der Waals surface area contributed by atoms with Gasteiger partial charge in [0.25, 0.3) is 0 Å². The summed E-state index contributed by atoms with van der Waals surface area (Å²) < 4.78 is 18.8. The molecule has 0 saturated carbocycles. The number of hydrogen-bond acceptors (Lipinski definition) is 7. The molecule has 8 nitrogen and oxygen atoms in total. The lowest BCUT2D eigenvalue weighted by atomic mass is 9.73. The Morgan fingerprint density at radius 3 is 2.30 bits per heavy atom. The topological polar surface area (TPSA) is 87.5 Å². The average Bonchev–Trinajstić information content (AvgIpc) is 3.39. The fourth-order valence-electron chi connectivity index (χ4n) is 5.46. The molecule has 0 saturated heterocycles. The quantitative estimate of drug-likeness (QED) is 0.301. The Morgan fingerprint density at radius 2 is 1.62 bits per heavy atom. The van der Waals surface area contributed by atoms with Crippen LogP contribution in [0.25, 0.3) is 11.4 Å². The van der Waals surface area contributed by atoms with Crippen LogP contribution in [0.5, 0.6) is 17.2 Å². The van der Waals surface area contributed by atoms with E-state index in [0.717, 1.165) is 40.1 Å². The van der Waals surface area contributed by atoms with Gasteiger partial charge >= 0.3 is 0 Å². The highest BCUT2D eigenvalue weighted by molar-refractivity contribution is 6.00. The Kier molecular flexibility index (Phi) is 6.54. The number of anilines is 1. The van der Waals surface area contributed by atoms with Gasteiger partial charge in [0.05, 0.1) is 14.2 Å². The fourth-order valence-corrected chi connectivity index (χ4v) is 5.46. The Balaban J connectivity index is 1.39. The molecule has 0 spiro atoms. The van der Waals surface area contributed by atoms with Crippen molar-refractivity contribution in [2.24, 2.45) is 5.41 Å². The van der Waals surface area contributed by atoms with Gasteiger partial charge in [0.2, 0.25) is 5.95 Å². The number of hydrogen-bond donors (Lipinski definition) is 1. The van der Waals surface area contributed by atoms with E-state index in [0.29, 0.717) is 36.3 Å². The van der Waals surface area contributed by atoms with E-state index in [1.54, 1.807) is 14.2 Å². The Hall–Kier alpha value is -4.59. The predicted octanol–water partition coefficient (Wildman–Crippen LogP) is 6.20. The summed E-state index contributed by atoms with van der Waals surface area (Å²) in [5.74, 6) is 3.28. The molecule has 4 aromatic rings. The molecule has 1 unspecified atom stereocenters. The molecule has 3 aromatic carbocycles. The minimum Gasteiger partial charge on any atom is -0.497 e. The van der Waals surface area contributed by atoms with Gasteiger partial charge in [-0.1, -0.05) is 56.3 Å². The van der Waals surface area contributed by atoms with Crippen molar-refractivity contribution < 1.29 is 19.0 Å². The molecule has 2 aliphatic rings. The van der Waals surface area contributed by atoms with Crippen LogP contribution in [0.15, 0.2) is 84.1 Å². The van der Waals surface area contributed by atoms with Gasteiger partial charge in [-0.25, -0.2) is 4.68 Å². The summed E-state index contributed by atoms with van der Waals surface area (Å²) >= 11 is 0. The molecule has 204 valence electrons. The summed E-state index contributed by atoms with van der Waals surface area (Å²) in [6.45, 7) is 4.73. The number of nitrogens with zero attached hydrogens (tertiary/aromatic N) is 3. The molecule has 1 aromatic heterocycles. The van der Waals surface area contributed by atoms with E-state index >= 15 is 0 Å². The molecular weight excluding hydrogens is 504 g/mol. The number of Topliss-reactive ketones (excluding diaryl/α,β-unsaturated/α-hetero) is 1. The molecule has 40 heavy (non-hydrogen) atoms. The molecule has 1 atom stereocenters. The second-order valence-electron chi connectivity index (χ2n) is 11.0. The first-order valence-corrected chi connectivity index (χ1v) is 13.3. The van der Waals surface area contributed by atoms with Crippen molar-refractivity contribution in [1.29, 1.82) is 0 Å². The third kappa shape index (κ3) is 4.93. The Bertz CT molecular complexity index is 1570. The van der Waals surface area contributed by atoms with Gasteiger partial charge in [0.15, 0.2) is 11.6 Å². The lowest BCUT2D eigenvalue weighted by Crippen LogP contribution is -2.36. The number of aromatic nitrogens is 3. The van der Waals surface area contributed by atoms with Gasteiger partial charge in [0, 0.05) is 29.3 Å². The van der Waals surface area contributed by atoms with Crippen LogP contribution in [0, 0.1) is 5.41 Å². The van der Waals surface area contributed by atoms with E-state index in [1.807, 2.05) is 77.5 Å². The number of fused-ring (bicyclic) bond motifs is 1. The maximum Gasteiger partial charge on any atom is 0.226 e. The third-order valence-electron chi connectivity index (χ3n) is 7.39. The molecule has 6 rings (SSSR count). The Morgan fingerprint density at radius 1 is 0.925 bits per heavy atom. The van der Waals surface area contributed by atoms with Gasteiger partial charge < -0.3 is 19.5 Å². The zero-order chi connectivity index (χ0) is 27.9. The lowest BCUT2D eigenvalue weighted by Gasteiger charge is -2.38. The summed E-state index contributed by atoms with van der Waals surface area (Å²) in [4.78, 5) is 18.4. The summed E-state index contributed by atoms with van der Waals surface area (Å²) in [6, 6.07) is 23.1. The maximum atomic E-state index is 13.6. The van der Waals surface area contributed by atoms with E-state index in [2.05, 4.69) is 19.2 Å². The van der Waals surface area contributed by atoms with Crippen LogP contribution < -0.4 is 19.5 Å². The van der Waals surface area contributed by atoms with Gasteiger partial charge in [-0.05, 0) is 47.2 Å². The molecular formula is C32H32N4O4. The van der Waals surface area contributed by atoms with Gasteiger partial charge in [-0.2, -0.15) is 4.98 Å². The number of rotatable bonds is 7. The fraction of sp³-hybridized carbons (Fsp3) is 0.281. The predicted molar refractivity (Wildman–Crippen MR) is 153 cm³/mol. The number of allylic oxidation sites excluding steroid dienone is 2. The number of carbonyl (C=O) groups is 1. The van der Waals surface area contributed by atoms with Gasteiger partial charge in [-0.3, -0.25) is 4.79 Å². The zero-order valence-electron chi connectivity index (χ0n) is 23.1. The number of ketones is 1. The van der Waals surface area contributed by atoms with Crippen LogP contribution in [-0.2, 0) is 11.4 Å². The zero-order valence-corrected chi connectivity index (χ0v) is 23.1. The maximum absolute atomic E-state index is 13.6. The molecule has 0 bridgehead atoms. The highest BCUT2D eigenvalue weighted by Gasteiger charge is 2.42. The first-order chi connectivity index (χ1) is 19.3. The van der Waals surface area contributed by atoms with Crippen LogP contribution in [0.1, 0.15) is 43.9 Å². The molecule has 0 amide bonds. The van der Waals surface area contributed by atoms with Crippen LogP contribution in [0.3, 0.4) is 0 Å². The monoisotopic (exact) mass is 536 g/mol. The largest absolute Gasteiger partial charge is 0.497 e. The number of benzene rings is 3. The second-order valence-corrected chi connectivity index (χ2v) is 11.0. The van der Waals surface area contributed by atoms with Crippen LogP contribution in [0.2, 0.25) is 0 Å². The number of carbonyl (C=O) groups excluding carboxylic acids is 1. The first-order valence-electron chi connectivity index (χ1n) is 13.3. The minimum absolute atomic E-state index is 0.124. The highest BCUT2D eigenvalue weighted by atomic mass is 16.5. The molecule has 1 aliphatic heterocycles. The van der Waals surface area contributed by atoms with Crippen molar-refractivity contribution in [3.05, 3.63) is 95.2 Å².